The number of thiocarbonyl (C=S) groups is 2. The third kappa shape index (κ3) is 4.06. The van der Waals surface area contributed by atoms with E-state index in [1.165, 1.54) is 0 Å². The van der Waals surface area contributed by atoms with Crippen LogP contribution in [0.3, 0.4) is 0 Å². The lowest BCUT2D eigenvalue weighted by atomic mass is 10.2. The molecule has 0 saturated heterocycles. The smallest absolute Gasteiger partial charge is 0.218 e. The minimum atomic E-state index is 0.251. The van der Waals surface area contributed by atoms with Crippen molar-refractivity contribution in [1.29, 1.82) is 0 Å². The fraction of sp³-hybridized carbons (Fsp3) is 0. The molecule has 0 N–H and O–H groups in total. The second-order valence-corrected chi connectivity index (χ2v) is 7.81. The van der Waals surface area contributed by atoms with E-state index < -0.39 is 0 Å². The van der Waals surface area contributed by atoms with Gasteiger partial charge in [0.05, 0.1) is 21.4 Å². The summed E-state index contributed by atoms with van der Waals surface area (Å²) in [4.78, 5) is 18.7. The number of hydrogen-bond acceptors (Lipinski definition) is 2. The molecule has 0 atom stereocenters. The first-order valence-electron chi connectivity index (χ1n) is 10.0. The van der Waals surface area contributed by atoms with Crippen LogP contribution in [0, 0.1) is 20.9 Å². The summed E-state index contributed by atoms with van der Waals surface area (Å²) in [6.45, 7) is 0. The van der Waals surface area contributed by atoms with E-state index in [1.807, 2.05) is 97.1 Å². The molecule has 152 valence electrons. The van der Waals surface area contributed by atoms with E-state index in [2.05, 4.69) is 20.0 Å². The summed E-state index contributed by atoms with van der Waals surface area (Å²) in [5.74, 6) is 0. The van der Waals surface area contributed by atoms with Gasteiger partial charge in [-0.25, -0.2) is 20.0 Å². The van der Waals surface area contributed by atoms with Gasteiger partial charge in [-0.2, -0.15) is 0 Å². The zero-order valence-corrected chi connectivity index (χ0v) is 18.5. The van der Waals surface area contributed by atoms with Gasteiger partial charge in [0, 0.05) is 20.9 Å². The number of nitrogens with zero attached hydrogens (tertiary/aromatic N) is 4. The highest BCUT2D eigenvalue weighted by Crippen LogP contribution is 1.95. The summed E-state index contributed by atoms with van der Waals surface area (Å²) in [5.41, 5.74) is 0. The Kier molecular flexibility index (Phi) is 5.54. The normalized spacial score (nSPS) is 19.4. The van der Waals surface area contributed by atoms with Crippen LogP contribution < -0.4 is 21.4 Å². The molecule has 0 spiro atoms. The lowest BCUT2D eigenvalue weighted by molar-refractivity contribution is 1.23. The summed E-state index contributed by atoms with van der Waals surface area (Å²) in [5, 5.41) is 7.00. The van der Waals surface area contributed by atoms with E-state index in [-0.39, 0.29) is 10.2 Å². The van der Waals surface area contributed by atoms with Gasteiger partial charge in [-0.1, -0.05) is 72.8 Å². The summed E-state index contributed by atoms with van der Waals surface area (Å²) in [6.07, 6.45) is 0. The predicted molar refractivity (Wildman–Crippen MR) is 131 cm³/mol. The fourth-order valence-corrected chi connectivity index (χ4v) is 4.05. The Labute approximate surface area is 193 Å². The zero-order chi connectivity index (χ0) is 21.9. The molecule has 0 bridgehead atoms. The van der Waals surface area contributed by atoms with E-state index in [0.29, 0.717) is 0 Å². The minimum Gasteiger partial charge on any atom is -0.218 e. The van der Waals surface area contributed by atoms with Crippen molar-refractivity contribution in [2.45, 2.75) is 0 Å². The number of para-hydroxylation sites is 4. The van der Waals surface area contributed by atoms with Gasteiger partial charge in [0.2, 0.25) is 10.2 Å². The van der Waals surface area contributed by atoms with E-state index in [4.69, 9.17) is 24.4 Å². The van der Waals surface area contributed by atoms with Crippen molar-refractivity contribution in [1.82, 2.24) is 0 Å². The molecule has 6 heteroatoms. The maximum Gasteiger partial charge on any atom is 0.220 e. The van der Waals surface area contributed by atoms with Crippen LogP contribution in [0.15, 0.2) is 117 Å². The molecule has 0 unspecified atom stereocenters. The maximum atomic E-state index is 5.56. The molecule has 0 radical (unpaired) electrons. The van der Waals surface area contributed by atoms with E-state index >= 15 is 0 Å². The van der Waals surface area contributed by atoms with Gasteiger partial charge in [0.1, 0.15) is 0 Å². The highest BCUT2D eigenvalue weighted by atomic mass is 32.1. The molecule has 1 aliphatic heterocycles. The lowest BCUT2D eigenvalue weighted by Crippen LogP contribution is -2.16. The van der Waals surface area contributed by atoms with Gasteiger partial charge in [-0.3, -0.25) is 0 Å². The minimum absolute atomic E-state index is 0.251. The molecule has 0 fully saturated rings. The SMILES string of the molecule is S=C1/N=c2/cccc/c2=c2\cccc\c2=N\C(=S)/N=c2/cccc/c2=c2\cccc\c2=N\1. The highest BCUT2D eigenvalue weighted by molar-refractivity contribution is 7.80. The second kappa shape index (κ2) is 8.78. The van der Waals surface area contributed by atoms with Crippen LogP contribution in [0.4, 0.5) is 0 Å². The average Bonchev–Trinajstić information content (AvgIpc) is 2.80. The number of hydrogen-bond donors (Lipinski definition) is 0. The Balaban J connectivity index is 2.06. The van der Waals surface area contributed by atoms with E-state index in [1.54, 1.807) is 0 Å². The van der Waals surface area contributed by atoms with Crippen LogP contribution >= 0.6 is 24.4 Å². The summed E-state index contributed by atoms with van der Waals surface area (Å²) < 4.78 is 0. The summed E-state index contributed by atoms with van der Waals surface area (Å²) >= 11 is 11.1. The molecule has 0 aliphatic carbocycles. The molecule has 0 saturated carbocycles. The van der Waals surface area contributed by atoms with Crippen LogP contribution in [-0.4, -0.2) is 10.2 Å². The monoisotopic (exact) mass is 448 g/mol. The zero-order valence-electron chi connectivity index (χ0n) is 16.8. The van der Waals surface area contributed by atoms with Crippen LogP contribution in [0.1, 0.15) is 0 Å². The van der Waals surface area contributed by atoms with Gasteiger partial charge >= 0.3 is 0 Å². The Morgan fingerprint density at radius 2 is 0.562 bits per heavy atom. The number of fused-ring (bicyclic) bond motifs is 4. The Morgan fingerprint density at radius 3 is 0.812 bits per heavy atom. The van der Waals surface area contributed by atoms with Gasteiger partial charge in [-0.05, 0) is 48.7 Å². The average molecular weight is 449 g/mol. The Morgan fingerprint density at radius 1 is 0.344 bits per heavy atom. The quantitative estimate of drug-likeness (QED) is 0.388. The number of rotatable bonds is 0. The molecule has 32 heavy (non-hydrogen) atoms. The predicted octanol–water partition coefficient (Wildman–Crippen LogP) is 3.02. The number of benzene rings is 4. The first kappa shape index (κ1) is 20.2. The lowest BCUT2D eigenvalue weighted by Gasteiger charge is -1.97. The van der Waals surface area contributed by atoms with Crippen molar-refractivity contribution in [2.24, 2.45) is 20.0 Å². The van der Waals surface area contributed by atoms with Crippen molar-refractivity contribution < 1.29 is 0 Å². The third-order valence-corrected chi connectivity index (χ3v) is 5.43. The molecule has 4 aromatic carbocycles. The van der Waals surface area contributed by atoms with Crippen molar-refractivity contribution in [2.75, 3.05) is 0 Å². The highest BCUT2D eigenvalue weighted by Gasteiger charge is 1.99. The van der Waals surface area contributed by atoms with E-state index in [9.17, 15) is 0 Å². The van der Waals surface area contributed by atoms with Crippen LogP contribution in [0.25, 0.3) is 0 Å². The molecule has 1 heterocycles. The van der Waals surface area contributed by atoms with Crippen molar-refractivity contribution in [3.05, 3.63) is 139 Å². The van der Waals surface area contributed by atoms with Gasteiger partial charge in [0.25, 0.3) is 0 Å². The van der Waals surface area contributed by atoms with Crippen molar-refractivity contribution in [3.8, 4) is 0 Å². The summed E-state index contributed by atoms with van der Waals surface area (Å²) in [7, 11) is 0. The van der Waals surface area contributed by atoms with E-state index in [0.717, 1.165) is 42.3 Å². The first-order chi connectivity index (χ1) is 15.7. The van der Waals surface area contributed by atoms with Crippen molar-refractivity contribution >= 4 is 34.7 Å². The van der Waals surface area contributed by atoms with Gasteiger partial charge < -0.3 is 0 Å². The van der Waals surface area contributed by atoms with Crippen LogP contribution in [0.2, 0.25) is 0 Å². The van der Waals surface area contributed by atoms with Crippen LogP contribution in [-0.2, 0) is 0 Å². The molecule has 0 aromatic heterocycles. The molecular formula is C26H16N4S2. The molecule has 0 amide bonds. The third-order valence-electron chi connectivity index (χ3n) is 5.06. The molecule has 5 rings (SSSR count). The second-order valence-electron chi connectivity index (χ2n) is 7.08. The Hall–Kier alpha value is -3.74. The van der Waals surface area contributed by atoms with Gasteiger partial charge in [-0.15, -0.1) is 0 Å². The Bertz CT molecular complexity index is 1560. The largest absolute Gasteiger partial charge is 0.220 e. The van der Waals surface area contributed by atoms with Crippen LogP contribution in [0.5, 0.6) is 0 Å². The summed E-state index contributed by atoms with van der Waals surface area (Å²) in [6, 6.07) is 31.2. The molecule has 1 aliphatic rings. The molecule has 4 aromatic rings. The molecular weight excluding hydrogens is 432 g/mol. The maximum absolute atomic E-state index is 5.56. The first-order valence-corrected chi connectivity index (χ1v) is 10.8. The van der Waals surface area contributed by atoms with Crippen molar-refractivity contribution in [3.63, 3.8) is 0 Å². The fourth-order valence-electron chi connectivity index (χ4n) is 3.66. The standard InChI is InChI=1S/C26H16N4S2/c31-25-27-21-13-5-1-9-17(21)18-10-2-6-14-22(18)28-26(32)30-24-16-8-4-12-20(24)19-11-3-7-15-23(19)29-25/h1-16H/b18-17-,20-19-,27-21-,28-22-,29-23-,30-24-. The topological polar surface area (TPSA) is 49.4 Å². The molecule has 4 nitrogen and oxygen atoms in total. The van der Waals surface area contributed by atoms with Gasteiger partial charge in [0.15, 0.2) is 0 Å².